The van der Waals surface area contributed by atoms with E-state index < -0.39 is 0 Å². The third-order valence-corrected chi connectivity index (χ3v) is 3.99. The summed E-state index contributed by atoms with van der Waals surface area (Å²) in [5.41, 5.74) is 6.45. The van der Waals surface area contributed by atoms with Crippen LogP contribution in [0, 0.1) is 20.8 Å². The number of hydrogen-bond acceptors (Lipinski definition) is 1. The first-order valence-electron chi connectivity index (χ1n) is 7.21. The van der Waals surface area contributed by atoms with Crippen molar-refractivity contribution in [2.75, 3.05) is 0 Å². The Kier molecular flexibility index (Phi) is 3.38. The Morgan fingerprint density at radius 1 is 1.00 bits per heavy atom. The number of aromatic amines is 1. The van der Waals surface area contributed by atoms with Gasteiger partial charge in [0.05, 0.1) is 0 Å². The monoisotopic (exact) mass is 277 g/mol. The maximum Gasteiger partial charge on any atom is 0.169 e. The van der Waals surface area contributed by atoms with Crippen LogP contribution in [0.5, 0.6) is 0 Å². The Morgan fingerprint density at radius 3 is 2.52 bits per heavy atom. The molecule has 106 valence electrons. The van der Waals surface area contributed by atoms with Crippen LogP contribution in [0.4, 0.5) is 0 Å². The number of aromatic nitrogens is 1. The maximum atomic E-state index is 12.6. The fraction of sp³-hybridized carbons (Fsp3) is 0.211. The van der Waals surface area contributed by atoms with Gasteiger partial charge in [0.15, 0.2) is 5.78 Å². The number of aryl methyl sites for hydroxylation is 3. The third-order valence-electron chi connectivity index (χ3n) is 3.99. The van der Waals surface area contributed by atoms with Gasteiger partial charge >= 0.3 is 0 Å². The van der Waals surface area contributed by atoms with Crippen LogP contribution < -0.4 is 0 Å². The van der Waals surface area contributed by atoms with Crippen molar-refractivity contribution in [2.24, 2.45) is 0 Å². The minimum Gasteiger partial charge on any atom is -0.360 e. The molecule has 0 radical (unpaired) electrons. The molecule has 3 aromatic rings. The standard InChI is InChI=1S/C19H19NO/c1-12-4-6-14(3)15(8-12)10-19(21)17-11-20-18-7-5-13(2)9-16(17)18/h4-9,11,20H,10H2,1-3H3. The molecule has 2 aromatic carbocycles. The smallest absolute Gasteiger partial charge is 0.169 e. The number of benzene rings is 2. The average Bonchev–Trinajstić information content (AvgIpc) is 2.85. The van der Waals surface area contributed by atoms with Crippen molar-refractivity contribution in [3.63, 3.8) is 0 Å². The number of nitrogens with one attached hydrogen (secondary N) is 1. The van der Waals surface area contributed by atoms with Crippen LogP contribution >= 0.6 is 0 Å². The van der Waals surface area contributed by atoms with Crippen molar-refractivity contribution in [3.05, 3.63) is 70.4 Å². The summed E-state index contributed by atoms with van der Waals surface area (Å²) in [5, 5.41) is 1.02. The van der Waals surface area contributed by atoms with E-state index in [1.165, 1.54) is 16.7 Å². The number of fused-ring (bicyclic) bond motifs is 1. The first-order chi connectivity index (χ1) is 10.0. The lowest BCUT2D eigenvalue weighted by Gasteiger charge is -2.06. The topological polar surface area (TPSA) is 32.9 Å². The number of carbonyl (C=O) groups is 1. The SMILES string of the molecule is Cc1ccc(C)c(CC(=O)c2c[nH]c3ccc(C)cc23)c1. The zero-order valence-electron chi connectivity index (χ0n) is 12.7. The van der Waals surface area contributed by atoms with Crippen LogP contribution in [0.1, 0.15) is 32.6 Å². The number of carbonyl (C=O) groups excluding carboxylic acids is 1. The molecule has 0 aliphatic heterocycles. The van der Waals surface area contributed by atoms with Crippen molar-refractivity contribution in [1.29, 1.82) is 0 Å². The predicted molar refractivity (Wildman–Crippen MR) is 87.0 cm³/mol. The van der Waals surface area contributed by atoms with Crippen molar-refractivity contribution >= 4 is 16.7 Å². The van der Waals surface area contributed by atoms with Crippen LogP contribution in [0.25, 0.3) is 10.9 Å². The van der Waals surface area contributed by atoms with Gasteiger partial charge in [0.1, 0.15) is 0 Å². The molecule has 0 amide bonds. The summed E-state index contributed by atoms with van der Waals surface area (Å²) in [5.74, 6) is 0.167. The van der Waals surface area contributed by atoms with E-state index in [9.17, 15) is 4.79 Å². The first kappa shape index (κ1) is 13.6. The minimum atomic E-state index is 0.167. The van der Waals surface area contributed by atoms with E-state index in [4.69, 9.17) is 0 Å². The van der Waals surface area contributed by atoms with E-state index in [1.54, 1.807) is 0 Å². The molecule has 0 saturated heterocycles. The molecular weight excluding hydrogens is 258 g/mol. The van der Waals surface area contributed by atoms with Crippen LogP contribution in [-0.4, -0.2) is 10.8 Å². The normalized spacial score (nSPS) is 11.0. The third kappa shape index (κ3) is 2.62. The summed E-state index contributed by atoms with van der Waals surface area (Å²) in [6, 6.07) is 12.4. The van der Waals surface area contributed by atoms with Crippen LogP contribution in [0.15, 0.2) is 42.6 Å². The highest BCUT2D eigenvalue weighted by molar-refractivity contribution is 6.08. The molecule has 0 aliphatic carbocycles. The molecule has 0 aliphatic rings. The molecule has 0 bridgehead atoms. The molecule has 0 fully saturated rings. The Morgan fingerprint density at radius 2 is 1.71 bits per heavy atom. The van der Waals surface area contributed by atoms with Gasteiger partial charge < -0.3 is 4.98 Å². The second-order valence-corrected chi connectivity index (χ2v) is 5.78. The summed E-state index contributed by atoms with van der Waals surface area (Å²) in [4.78, 5) is 15.8. The highest BCUT2D eigenvalue weighted by Gasteiger charge is 2.14. The molecule has 0 unspecified atom stereocenters. The van der Waals surface area contributed by atoms with Gasteiger partial charge in [-0.2, -0.15) is 0 Å². The number of Topliss-reactive ketones (excluding diaryl/α,β-unsaturated/α-hetero) is 1. The van der Waals surface area contributed by atoms with Crippen molar-refractivity contribution in [2.45, 2.75) is 27.2 Å². The molecule has 3 rings (SSSR count). The Bertz CT molecular complexity index is 827. The lowest BCUT2D eigenvalue weighted by molar-refractivity contribution is 0.0994. The number of rotatable bonds is 3. The molecule has 1 aromatic heterocycles. The minimum absolute atomic E-state index is 0.167. The van der Waals surface area contributed by atoms with Crippen LogP contribution in [0.2, 0.25) is 0 Å². The molecule has 2 nitrogen and oxygen atoms in total. The van der Waals surface area contributed by atoms with E-state index in [1.807, 2.05) is 19.2 Å². The van der Waals surface area contributed by atoms with E-state index >= 15 is 0 Å². The average molecular weight is 277 g/mol. The first-order valence-corrected chi connectivity index (χ1v) is 7.21. The summed E-state index contributed by atoms with van der Waals surface area (Å²) in [6.07, 6.45) is 2.28. The van der Waals surface area contributed by atoms with Gasteiger partial charge in [-0.25, -0.2) is 0 Å². The molecule has 21 heavy (non-hydrogen) atoms. The van der Waals surface area contributed by atoms with Crippen molar-refractivity contribution < 1.29 is 4.79 Å². The number of hydrogen-bond donors (Lipinski definition) is 1. The molecule has 1 N–H and O–H groups in total. The molecule has 0 spiro atoms. The van der Waals surface area contributed by atoms with Gasteiger partial charge in [-0.05, 0) is 44.0 Å². The van der Waals surface area contributed by atoms with Gasteiger partial charge in [0.2, 0.25) is 0 Å². The fourth-order valence-electron chi connectivity index (χ4n) is 2.72. The van der Waals surface area contributed by atoms with Gasteiger partial charge in [-0.3, -0.25) is 4.79 Å². The molecular formula is C19H19NO. The summed E-state index contributed by atoms with van der Waals surface area (Å²) in [7, 11) is 0. The summed E-state index contributed by atoms with van der Waals surface area (Å²) >= 11 is 0. The fourth-order valence-corrected chi connectivity index (χ4v) is 2.72. The van der Waals surface area contributed by atoms with Gasteiger partial charge in [0.25, 0.3) is 0 Å². The highest BCUT2D eigenvalue weighted by Crippen LogP contribution is 2.22. The molecule has 0 saturated carbocycles. The van der Waals surface area contributed by atoms with E-state index in [0.717, 1.165) is 22.0 Å². The maximum absolute atomic E-state index is 12.6. The lowest BCUT2D eigenvalue weighted by Crippen LogP contribution is -2.04. The van der Waals surface area contributed by atoms with Gasteiger partial charge in [0, 0.05) is 29.1 Å². The summed E-state index contributed by atoms with van der Waals surface area (Å²) in [6.45, 7) is 6.16. The Hall–Kier alpha value is -2.35. The van der Waals surface area contributed by atoms with Crippen molar-refractivity contribution in [1.82, 2.24) is 4.98 Å². The largest absolute Gasteiger partial charge is 0.360 e. The van der Waals surface area contributed by atoms with Crippen molar-refractivity contribution in [3.8, 4) is 0 Å². The van der Waals surface area contributed by atoms with E-state index in [2.05, 4.69) is 49.2 Å². The van der Waals surface area contributed by atoms with Gasteiger partial charge in [-0.15, -0.1) is 0 Å². The van der Waals surface area contributed by atoms with E-state index in [-0.39, 0.29) is 5.78 Å². The summed E-state index contributed by atoms with van der Waals surface area (Å²) < 4.78 is 0. The number of ketones is 1. The second-order valence-electron chi connectivity index (χ2n) is 5.78. The number of H-pyrrole nitrogens is 1. The zero-order chi connectivity index (χ0) is 15.0. The Labute approximate surface area is 124 Å². The van der Waals surface area contributed by atoms with Gasteiger partial charge in [-0.1, -0.05) is 35.4 Å². The molecule has 2 heteroatoms. The predicted octanol–water partition coefficient (Wildman–Crippen LogP) is 4.52. The highest BCUT2D eigenvalue weighted by atomic mass is 16.1. The zero-order valence-corrected chi connectivity index (χ0v) is 12.7. The molecule has 0 atom stereocenters. The Balaban J connectivity index is 1.97. The quantitative estimate of drug-likeness (QED) is 0.701. The molecule has 1 heterocycles. The van der Waals surface area contributed by atoms with Crippen LogP contribution in [0.3, 0.4) is 0 Å². The lowest BCUT2D eigenvalue weighted by atomic mass is 9.97. The van der Waals surface area contributed by atoms with E-state index in [0.29, 0.717) is 6.42 Å². The van der Waals surface area contributed by atoms with Crippen LogP contribution in [-0.2, 0) is 6.42 Å². The second kappa shape index (κ2) is 5.21.